The van der Waals surface area contributed by atoms with Gasteiger partial charge in [-0.05, 0) is 54.2 Å². The molecule has 2 aromatic rings. The number of amides is 2. The normalized spacial score (nSPS) is 14.9. The largest absolute Gasteiger partial charge is 0.366 e. The highest BCUT2D eigenvalue weighted by atomic mass is 16.2. The molecule has 0 aliphatic heterocycles. The van der Waals surface area contributed by atoms with E-state index < -0.39 is 5.91 Å². The maximum Gasteiger partial charge on any atom is 0.251 e. The quantitative estimate of drug-likeness (QED) is 0.872. The maximum atomic E-state index is 12.3. The van der Waals surface area contributed by atoms with Gasteiger partial charge in [0.05, 0.1) is 0 Å². The van der Waals surface area contributed by atoms with Crippen LogP contribution in [0.25, 0.3) is 0 Å². The molecular formula is C21H24N2O2. The van der Waals surface area contributed by atoms with Gasteiger partial charge >= 0.3 is 0 Å². The molecule has 1 fully saturated rings. The Labute approximate surface area is 148 Å². The van der Waals surface area contributed by atoms with Gasteiger partial charge in [-0.1, -0.05) is 43.5 Å². The number of hydrogen-bond acceptors (Lipinski definition) is 2. The zero-order valence-corrected chi connectivity index (χ0v) is 14.3. The molecule has 4 heteroatoms. The Morgan fingerprint density at radius 3 is 2.36 bits per heavy atom. The Hall–Kier alpha value is -2.62. The fourth-order valence-electron chi connectivity index (χ4n) is 3.46. The summed E-state index contributed by atoms with van der Waals surface area (Å²) in [5.41, 5.74) is 8.57. The molecule has 2 aromatic carbocycles. The van der Waals surface area contributed by atoms with Crippen molar-refractivity contribution in [3.05, 3.63) is 70.8 Å². The second kappa shape index (κ2) is 7.97. The molecule has 3 rings (SSSR count). The first kappa shape index (κ1) is 17.2. The summed E-state index contributed by atoms with van der Waals surface area (Å²) >= 11 is 0. The smallest absolute Gasteiger partial charge is 0.251 e. The van der Waals surface area contributed by atoms with Gasteiger partial charge in [0.2, 0.25) is 5.91 Å². The highest BCUT2D eigenvalue weighted by molar-refractivity contribution is 5.94. The van der Waals surface area contributed by atoms with E-state index in [0.717, 1.165) is 5.56 Å². The average Bonchev–Trinajstić information content (AvgIpc) is 2.67. The first-order chi connectivity index (χ1) is 12.1. The molecule has 0 spiro atoms. The van der Waals surface area contributed by atoms with Crippen molar-refractivity contribution >= 4 is 11.8 Å². The fraction of sp³-hybridized carbons (Fsp3) is 0.333. The van der Waals surface area contributed by atoms with Crippen LogP contribution >= 0.6 is 0 Å². The van der Waals surface area contributed by atoms with Crippen molar-refractivity contribution in [3.8, 4) is 0 Å². The van der Waals surface area contributed by atoms with E-state index in [1.165, 1.54) is 37.7 Å². The number of hydrogen-bond donors (Lipinski definition) is 2. The number of rotatable bonds is 5. The number of primary amides is 1. The van der Waals surface area contributed by atoms with Crippen molar-refractivity contribution in [2.75, 3.05) is 0 Å². The summed E-state index contributed by atoms with van der Waals surface area (Å²) < 4.78 is 0. The molecule has 0 unspecified atom stereocenters. The third-order valence-electron chi connectivity index (χ3n) is 4.91. The summed E-state index contributed by atoms with van der Waals surface area (Å²) in [5, 5.41) is 2.89. The summed E-state index contributed by atoms with van der Waals surface area (Å²) in [6.07, 6.45) is 6.45. The first-order valence-electron chi connectivity index (χ1n) is 8.90. The zero-order valence-electron chi connectivity index (χ0n) is 14.3. The van der Waals surface area contributed by atoms with E-state index >= 15 is 0 Å². The van der Waals surface area contributed by atoms with Crippen LogP contribution in [-0.4, -0.2) is 11.8 Å². The number of nitrogens with two attached hydrogens (primary N) is 1. The van der Waals surface area contributed by atoms with Crippen LogP contribution in [0.3, 0.4) is 0 Å². The van der Waals surface area contributed by atoms with E-state index in [1.54, 1.807) is 18.2 Å². The molecule has 1 saturated carbocycles. The average molecular weight is 336 g/mol. The monoisotopic (exact) mass is 336 g/mol. The van der Waals surface area contributed by atoms with Crippen LogP contribution in [-0.2, 0) is 6.54 Å². The van der Waals surface area contributed by atoms with Crippen LogP contribution < -0.4 is 11.1 Å². The van der Waals surface area contributed by atoms with Gasteiger partial charge < -0.3 is 11.1 Å². The van der Waals surface area contributed by atoms with Crippen LogP contribution in [0.15, 0.2) is 48.5 Å². The Morgan fingerprint density at radius 2 is 1.68 bits per heavy atom. The summed E-state index contributed by atoms with van der Waals surface area (Å²) in [5.74, 6) is 0.0635. The predicted octanol–water partition coefficient (Wildman–Crippen LogP) is 3.76. The van der Waals surface area contributed by atoms with Gasteiger partial charge in [-0.3, -0.25) is 9.59 Å². The van der Waals surface area contributed by atoms with Gasteiger partial charge in [-0.25, -0.2) is 0 Å². The SMILES string of the molecule is NC(=O)c1cccc(CNC(=O)c2ccc(C3CCCCC3)cc2)c1. The number of nitrogens with one attached hydrogen (secondary N) is 1. The van der Waals surface area contributed by atoms with Gasteiger partial charge in [0.15, 0.2) is 0 Å². The van der Waals surface area contributed by atoms with Crippen molar-refractivity contribution in [3.63, 3.8) is 0 Å². The van der Waals surface area contributed by atoms with Crippen LogP contribution in [0.1, 0.15) is 69.9 Å². The summed E-state index contributed by atoms with van der Waals surface area (Å²) in [4.78, 5) is 23.5. The molecule has 0 radical (unpaired) electrons. The van der Waals surface area contributed by atoms with E-state index in [1.807, 2.05) is 18.2 Å². The fourth-order valence-corrected chi connectivity index (χ4v) is 3.46. The van der Waals surface area contributed by atoms with Crippen molar-refractivity contribution in [1.29, 1.82) is 0 Å². The van der Waals surface area contributed by atoms with E-state index in [-0.39, 0.29) is 5.91 Å². The highest BCUT2D eigenvalue weighted by Gasteiger charge is 2.15. The maximum absolute atomic E-state index is 12.3. The molecular weight excluding hydrogens is 312 g/mol. The highest BCUT2D eigenvalue weighted by Crippen LogP contribution is 2.32. The second-order valence-corrected chi connectivity index (χ2v) is 6.70. The lowest BCUT2D eigenvalue weighted by atomic mass is 9.84. The molecule has 0 heterocycles. The third-order valence-corrected chi connectivity index (χ3v) is 4.91. The molecule has 1 aliphatic rings. The molecule has 130 valence electrons. The van der Waals surface area contributed by atoms with Gasteiger partial charge in [0, 0.05) is 17.7 Å². The van der Waals surface area contributed by atoms with Crippen molar-refractivity contribution in [2.45, 2.75) is 44.6 Å². The summed E-state index contributed by atoms with van der Waals surface area (Å²) in [6, 6.07) is 15.0. The summed E-state index contributed by atoms with van der Waals surface area (Å²) in [7, 11) is 0. The van der Waals surface area contributed by atoms with Crippen LogP contribution in [0.2, 0.25) is 0 Å². The molecule has 1 aliphatic carbocycles. The van der Waals surface area contributed by atoms with Crippen molar-refractivity contribution < 1.29 is 9.59 Å². The molecule has 3 N–H and O–H groups in total. The lowest BCUT2D eigenvalue weighted by Gasteiger charge is -2.22. The molecule has 0 atom stereocenters. The molecule has 4 nitrogen and oxygen atoms in total. The lowest BCUT2D eigenvalue weighted by molar-refractivity contribution is 0.0950. The van der Waals surface area contributed by atoms with E-state index in [0.29, 0.717) is 23.6 Å². The number of carbonyl (C=O) groups excluding carboxylic acids is 2. The summed E-state index contributed by atoms with van der Waals surface area (Å²) in [6.45, 7) is 0.365. The molecule has 2 amide bonds. The lowest BCUT2D eigenvalue weighted by Crippen LogP contribution is -2.23. The van der Waals surface area contributed by atoms with Gasteiger partial charge in [-0.2, -0.15) is 0 Å². The Kier molecular flexibility index (Phi) is 5.49. The van der Waals surface area contributed by atoms with Crippen molar-refractivity contribution in [1.82, 2.24) is 5.32 Å². The van der Waals surface area contributed by atoms with Gasteiger partial charge in [0.1, 0.15) is 0 Å². The van der Waals surface area contributed by atoms with Gasteiger partial charge in [0.25, 0.3) is 5.91 Å². The topological polar surface area (TPSA) is 72.2 Å². The standard InChI is InChI=1S/C21H24N2O2/c22-20(24)19-8-4-5-15(13-19)14-23-21(25)18-11-9-17(10-12-18)16-6-2-1-3-7-16/h4-5,8-13,16H,1-3,6-7,14H2,(H2,22,24)(H,23,25). The van der Waals surface area contributed by atoms with Crippen LogP contribution in [0.5, 0.6) is 0 Å². The third kappa shape index (κ3) is 4.47. The number of benzene rings is 2. The number of carbonyl (C=O) groups is 2. The molecule has 25 heavy (non-hydrogen) atoms. The molecule has 0 saturated heterocycles. The minimum Gasteiger partial charge on any atom is -0.366 e. The van der Waals surface area contributed by atoms with E-state index in [2.05, 4.69) is 17.4 Å². The Balaban J connectivity index is 1.59. The first-order valence-corrected chi connectivity index (χ1v) is 8.90. The van der Waals surface area contributed by atoms with E-state index in [9.17, 15) is 9.59 Å². The van der Waals surface area contributed by atoms with E-state index in [4.69, 9.17) is 5.73 Å². The van der Waals surface area contributed by atoms with Gasteiger partial charge in [-0.15, -0.1) is 0 Å². The van der Waals surface area contributed by atoms with Crippen LogP contribution in [0, 0.1) is 0 Å². The molecule has 0 aromatic heterocycles. The van der Waals surface area contributed by atoms with Crippen molar-refractivity contribution in [2.24, 2.45) is 5.73 Å². The Bertz CT molecular complexity index is 747. The Morgan fingerprint density at radius 1 is 0.960 bits per heavy atom. The minimum absolute atomic E-state index is 0.111. The minimum atomic E-state index is -0.466. The van der Waals surface area contributed by atoms with Crippen LogP contribution in [0.4, 0.5) is 0 Å². The zero-order chi connectivity index (χ0) is 17.6. The second-order valence-electron chi connectivity index (χ2n) is 6.70. The predicted molar refractivity (Wildman–Crippen MR) is 98.4 cm³/mol. The molecule has 0 bridgehead atoms.